The van der Waals surface area contributed by atoms with Crippen LogP contribution in [0.15, 0.2) is 10.9 Å². The van der Waals surface area contributed by atoms with E-state index in [4.69, 9.17) is 15.7 Å². The molecule has 0 saturated carbocycles. The summed E-state index contributed by atoms with van der Waals surface area (Å²) in [5.74, 6) is 0. The van der Waals surface area contributed by atoms with Gasteiger partial charge in [0.2, 0.25) is 0 Å². The van der Waals surface area contributed by atoms with Gasteiger partial charge in [-0.15, -0.1) is 0 Å². The topological polar surface area (TPSA) is 81.0 Å². The first kappa shape index (κ1) is 12.4. The smallest absolute Gasteiger partial charge is 0.270 e. The Morgan fingerprint density at radius 2 is 2.25 bits per heavy atom. The number of aromatic nitrogens is 1. The Bertz CT molecular complexity index is 471. The molecular weight excluding hydrogens is 206 g/mol. The van der Waals surface area contributed by atoms with Gasteiger partial charge in [0.1, 0.15) is 18.4 Å². The number of rotatable bonds is 4. The lowest BCUT2D eigenvalue weighted by atomic mass is 10.1. The van der Waals surface area contributed by atoms with E-state index in [2.05, 4.69) is 0 Å². The first-order valence-corrected chi connectivity index (χ1v) is 5.00. The van der Waals surface area contributed by atoms with Gasteiger partial charge in [0.05, 0.1) is 6.61 Å². The zero-order valence-electron chi connectivity index (χ0n) is 9.49. The van der Waals surface area contributed by atoms with E-state index in [9.17, 15) is 4.79 Å². The molecule has 5 nitrogen and oxygen atoms in total. The molecule has 1 heterocycles. The molecule has 1 aromatic rings. The summed E-state index contributed by atoms with van der Waals surface area (Å²) in [7, 11) is 0. The van der Waals surface area contributed by atoms with E-state index in [-0.39, 0.29) is 17.9 Å². The van der Waals surface area contributed by atoms with Gasteiger partial charge in [-0.3, -0.25) is 9.36 Å². The van der Waals surface area contributed by atoms with E-state index >= 15 is 0 Å². The maximum absolute atomic E-state index is 11.9. The van der Waals surface area contributed by atoms with Gasteiger partial charge >= 0.3 is 0 Å². The SMILES string of the molecule is Cc1cc(C)n(COCCN)c(=O)c1C#N. The van der Waals surface area contributed by atoms with E-state index in [1.54, 1.807) is 19.9 Å². The highest BCUT2D eigenvalue weighted by Crippen LogP contribution is 2.05. The zero-order valence-corrected chi connectivity index (χ0v) is 9.49. The molecule has 0 bridgehead atoms. The van der Waals surface area contributed by atoms with Crippen LogP contribution >= 0.6 is 0 Å². The molecule has 0 unspecified atom stereocenters. The number of pyridine rings is 1. The van der Waals surface area contributed by atoms with Crippen molar-refractivity contribution in [2.45, 2.75) is 20.6 Å². The van der Waals surface area contributed by atoms with Crippen molar-refractivity contribution in [3.05, 3.63) is 33.2 Å². The fraction of sp³-hybridized carbons (Fsp3) is 0.455. The van der Waals surface area contributed by atoms with Crippen molar-refractivity contribution < 1.29 is 4.74 Å². The number of nitriles is 1. The van der Waals surface area contributed by atoms with Crippen LogP contribution in [0.25, 0.3) is 0 Å². The standard InChI is InChI=1S/C11H15N3O2/c1-8-5-9(2)14(7-16-4-3-12)11(15)10(8)6-13/h5H,3-4,7,12H2,1-2H3. The molecule has 0 radical (unpaired) electrons. The average Bonchev–Trinajstić information content (AvgIpc) is 2.23. The summed E-state index contributed by atoms with van der Waals surface area (Å²) in [6.45, 7) is 4.49. The average molecular weight is 221 g/mol. The molecule has 0 aromatic carbocycles. The Kier molecular flexibility index (Phi) is 4.23. The molecular formula is C11H15N3O2. The minimum absolute atomic E-state index is 0.136. The van der Waals surface area contributed by atoms with Gasteiger partial charge in [-0.2, -0.15) is 5.26 Å². The Morgan fingerprint density at radius 3 is 2.81 bits per heavy atom. The van der Waals surface area contributed by atoms with Crippen LogP contribution in [0.5, 0.6) is 0 Å². The number of nitrogens with zero attached hydrogens (tertiary/aromatic N) is 2. The van der Waals surface area contributed by atoms with Crippen molar-refractivity contribution in [2.24, 2.45) is 5.73 Å². The molecule has 0 saturated heterocycles. The molecule has 0 aliphatic rings. The maximum Gasteiger partial charge on any atom is 0.270 e. The Labute approximate surface area is 94.1 Å². The molecule has 5 heteroatoms. The highest BCUT2D eigenvalue weighted by molar-refractivity contribution is 5.35. The van der Waals surface area contributed by atoms with Crippen molar-refractivity contribution in [2.75, 3.05) is 13.2 Å². The molecule has 0 atom stereocenters. The predicted molar refractivity (Wildman–Crippen MR) is 59.9 cm³/mol. The molecule has 1 rings (SSSR count). The third kappa shape index (κ3) is 2.48. The van der Waals surface area contributed by atoms with Gasteiger partial charge in [0, 0.05) is 12.2 Å². The summed E-state index contributed by atoms with van der Waals surface area (Å²) in [5.41, 5.74) is 6.62. The fourth-order valence-electron chi connectivity index (χ4n) is 1.46. The van der Waals surface area contributed by atoms with Crippen LogP contribution in [0.1, 0.15) is 16.8 Å². The van der Waals surface area contributed by atoms with Crippen LogP contribution in [-0.4, -0.2) is 17.7 Å². The molecule has 0 aliphatic carbocycles. The molecule has 1 aromatic heterocycles. The number of aryl methyl sites for hydroxylation is 2. The highest BCUT2D eigenvalue weighted by atomic mass is 16.5. The van der Waals surface area contributed by atoms with Gasteiger partial charge in [-0.25, -0.2) is 0 Å². The van der Waals surface area contributed by atoms with Crippen LogP contribution < -0.4 is 11.3 Å². The normalized spacial score (nSPS) is 10.1. The lowest BCUT2D eigenvalue weighted by Crippen LogP contribution is -2.27. The Balaban J connectivity index is 3.10. The first-order chi connectivity index (χ1) is 7.61. The number of nitrogens with two attached hydrogens (primary N) is 1. The van der Waals surface area contributed by atoms with Gasteiger partial charge in [0.15, 0.2) is 0 Å². The largest absolute Gasteiger partial charge is 0.359 e. The maximum atomic E-state index is 11.9. The summed E-state index contributed by atoms with van der Waals surface area (Å²) in [6, 6.07) is 3.71. The number of ether oxygens (including phenoxy) is 1. The summed E-state index contributed by atoms with van der Waals surface area (Å²) >= 11 is 0. The van der Waals surface area contributed by atoms with Crippen molar-refractivity contribution in [3.8, 4) is 6.07 Å². The third-order valence-electron chi connectivity index (χ3n) is 2.30. The fourth-order valence-corrected chi connectivity index (χ4v) is 1.46. The summed E-state index contributed by atoms with van der Waals surface area (Å²) in [6.07, 6.45) is 0. The summed E-state index contributed by atoms with van der Waals surface area (Å²) in [4.78, 5) is 11.9. The molecule has 16 heavy (non-hydrogen) atoms. The van der Waals surface area contributed by atoms with Gasteiger partial charge < -0.3 is 10.5 Å². The van der Waals surface area contributed by atoms with Gasteiger partial charge in [-0.1, -0.05) is 0 Å². The summed E-state index contributed by atoms with van der Waals surface area (Å²) in [5, 5.41) is 8.86. The quantitative estimate of drug-likeness (QED) is 0.740. The van der Waals surface area contributed by atoms with Crippen molar-refractivity contribution in [1.29, 1.82) is 5.26 Å². The van der Waals surface area contributed by atoms with Crippen LogP contribution in [0, 0.1) is 25.2 Å². The first-order valence-electron chi connectivity index (χ1n) is 5.00. The number of hydrogen-bond acceptors (Lipinski definition) is 4. The van der Waals surface area contributed by atoms with Crippen LogP contribution in [0.4, 0.5) is 0 Å². The van der Waals surface area contributed by atoms with E-state index in [0.717, 1.165) is 5.69 Å². The monoisotopic (exact) mass is 221 g/mol. The lowest BCUT2D eigenvalue weighted by Gasteiger charge is -2.11. The third-order valence-corrected chi connectivity index (χ3v) is 2.30. The molecule has 2 N–H and O–H groups in total. The number of hydrogen-bond donors (Lipinski definition) is 1. The molecule has 0 amide bonds. The minimum atomic E-state index is -0.308. The van der Waals surface area contributed by atoms with Crippen molar-refractivity contribution >= 4 is 0 Å². The van der Waals surface area contributed by atoms with Crippen molar-refractivity contribution in [1.82, 2.24) is 4.57 Å². The highest BCUT2D eigenvalue weighted by Gasteiger charge is 2.09. The van der Waals surface area contributed by atoms with E-state index in [1.165, 1.54) is 4.57 Å². The Hall–Kier alpha value is -1.64. The molecule has 0 spiro atoms. The van der Waals surface area contributed by atoms with Gasteiger partial charge in [-0.05, 0) is 25.5 Å². The van der Waals surface area contributed by atoms with Crippen LogP contribution in [-0.2, 0) is 11.5 Å². The minimum Gasteiger partial charge on any atom is -0.359 e. The second kappa shape index (κ2) is 5.45. The second-order valence-corrected chi connectivity index (χ2v) is 3.51. The van der Waals surface area contributed by atoms with Crippen molar-refractivity contribution in [3.63, 3.8) is 0 Å². The second-order valence-electron chi connectivity index (χ2n) is 3.51. The Morgan fingerprint density at radius 1 is 1.56 bits per heavy atom. The van der Waals surface area contributed by atoms with Gasteiger partial charge in [0.25, 0.3) is 5.56 Å². The van der Waals surface area contributed by atoms with E-state index in [0.29, 0.717) is 18.7 Å². The lowest BCUT2D eigenvalue weighted by molar-refractivity contribution is 0.0793. The van der Waals surface area contributed by atoms with Crippen LogP contribution in [0.3, 0.4) is 0 Å². The van der Waals surface area contributed by atoms with E-state index < -0.39 is 0 Å². The zero-order chi connectivity index (χ0) is 12.1. The molecule has 86 valence electrons. The predicted octanol–water partition coefficient (Wildman–Crippen LogP) is 0.270. The van der Waals surface area contributed by atoms with Crippen LogP contribution in [0.2, 0.25) is 0 Å². The summed E-state index contributed by atoms with van der Waals surface area (Å²) < 4.78 is 6.63. The molecule has 0 fully saturated rings. The molecule has 0 aliphatic heterocycles. The van der Waals surface area contributed by atoms with E-state index in [1.807, 2.05) is 6.07 Å².